The van der Waals surface area contributed by atoms with Gasteiger partial charge in [0.1, 0.15) is 23.5 Å². The van der Waals surface area contributed by atoms with E-state index in [2.05, 4.69) is 10.3 Å². The molecule has 3 rings (SSSR count). The van der Waals surface area contributed by atoms with Crippen LogP contribution in [0.2, 0.25) is 0 Å². The molecule has 0 saturated carbocycles. The third-order valence-corrected chi connectivity index (χ3v) is 3.28. The summed E-state index contributed by atoms with van der Waals surface area (Å²) in [5.74, 6) is -1.89. The predicted octanol–water partition coefficient (Wildman–Crippen LogP) is 1.67. The van der Waals surface area contributed by atoms with Crippen molar-refractivity contribution in [2.75, 3.05) is 0 Å². The van der Waals surface area contributed by atoms with Crippen molar-refractivity contribution in [2.45, 2.75) is 32.9 Å². The summed E-state index contributed by atoms with van der Waals surface area (Å²) >= 11 is 0. The number of hydrogen-bond donors (Lipinski definition) is 0. The van der Waals surface area contributed by atoms with E-state index in [1.165, 1.54) is 0 Å². The quantitative estimate of drug-likeness (QED) is 0.618. The molecule has 7 heteroatoms. The fourth-order valence-corrected chi connectivity index (χ4v) is 2.44. The van der Waals surface area contributed by atoms with E-state index in [0.717, 1.165) is 4.68 Å². The summed E-state index contributed by atoms with van der Waals surface area (Å²) < 4.78 is 6.33. The molecule has 0 aliphatic heterocycles. The lowest BCUT2D eigenvalue weighted by Gasteiger charge is -2.20. The first-order chi connectivity index (χ1) is 10.8. The lowest BCUT2D eigenvalue weighted by atomic mass is 9.90. The van der Waals surface area contributed by atoms with Crippen LogP contribution in [0.3, 0.4) is 0 Å². The van der Waals surface area contributed by atoms with Crippen LogP contribution in [0.4, 0.5) is 0 Å². The van der Waals surface area contributed by atoms with Crippen molar-refractivity contribution in [1.82, 2.24) is 15.0 Å². The highest BCUT2D eigenvalue weighted by molar-refractivity contribution is 6.52. The minimum Gasteiger partial charge on any atom is -0.459 e. The van der Waals surface area contributed by atoms with Crippen molar-refractivity contribution in [3.63, 3.8) is 0 Å². The fraction of sp³-hybridized carbons (Fsp3) is 0.312. The Balaban J connectivity index is 2.00. The van der Waals surface area contributed by atoms with Gasteiger partial charge in [-0.15, -0.1) is 5.10 Å². The van der Waals surface area contributed by atoms with E-state index in [1.807, 2.05) is 0 Å². The Bertz CT molecular complexity index is 830. The van der Waals surface area contributed by atoms with E-state index in [1.54, 1.807) is 45.0 Å². The van der Waals surface area contributed by atoms with Gasteiger partial charge >= 0.3 is 5.97 Å². The molecule has 0 bridgehead atoms. The van der Waals surface area contributed by atoms with Gasteiger partial charge in [0.15, 0.2) is 0 Å². The summed E-state index contributed by atoms with van der Waals surface area (Å²) in [5, 5.41) is 7.81. The van der Waals surface area contributed by atoms with Gasteiger partial charge in [0.2, 0.25) is 5.78 Å². The first-order valence-electron chi connectivity index (χ1n) is 7.11. The monoisotopic (exact) mass is 313 g/mol. The predicted molar refractivity (Wildman–Crippen MR) is 80.0 cm³/mol. The van der Waals surface area contributed by atoms with Crippen LogP contribution in [-0.4, -0.2) is 38.1 Å². The molecule has 1 aliphatic carbocycles. The molecule has 0 fully saturated rings. The highest BCUT2D eigenvalue weighted by Gasteiger charge is 2.35. The third kappa shape index (κ3) is 2.65. The molecular weight excluding hydrogens is 298 g/mol. The number of hydrogen-bond acceptors (Lipinski definition) is 6. The first kappa shape index (κ1) is 15.1. The number of nitrogens with zero attached hydrogens (tertiary/aromatic N) is 3. The second-order valence-electron chi connectivity index (χ2n) is 6.23. The van der Waals surface area contributed by atoms with Gasteiger partial charge in [-0.3, -0.25) is 14.4 Å². The van der Waals surface area contributed by atoms with Crippen LogP contribution < -0.4 is 0 Å². The zero-order valence-electron chi connectivity index (χ0n) is 13.0. The van der Waals surface area contributed by atoms with Gasteiger partial charge in [-0.1, -0.05) is 29.5 Å². The van der Waals surface area contributed by atoms with Gasteiger partial charge in [-0.05, 0) is 20.8 Å². The number of esters is 1. The SMILES string of the molecule is CC(C)(C)OC(=O)Cn1nnc2c1C(=O)C(=O)c1ccccc1-2. The molecule has 0 saturated heterocycles. The van der Waals surface area contributed by atoms with Crippen molar-refractivity contribution in [3.8, 4) is 11.3 Å². The van der Waals surface area contributed by atoms with Gasteiger partial charge < -0.3 is 4.74 Å². The number of fused-ring (bicyclic) bond motifs is 3. The van der Waals surface area contributed by atoms with Gasteiger partial charge in [-0.25, -0.2) is 4.68 Å². The van der Waals surface area contributed by atoms with Gasteiger partial charge in [0, 0.05) is 11.1 Å². The molecule has 0 spiro atoms. The number of carbonyl (C=O) groups is 3. The Labute approximate surface area is 132 Å². The molecule has 0 amide bonds. The molecule has 0 unspecified atom stereocenters. The number of rotatable bonds is 2. The molecule has 0 atom stereocenters. The summed E-state index contributed by atoms with van der Waals surface area (Å²) in [6.45, 7) is 4.95. The van der Waals surface area contributed by atoms with Crippen LogP contribution >= 0.6 is 0 Å². The summed E-state index contributed by atoms with van der Waals surface area (Å²) in [7, 11) is 0. The van der Waals surface area contributed by atoms with Crippen LogP contribution in [0.15, 0.2) is 24.3 Å². The van der Waals surface area contributed by atoms with Crippen LogP contribution in [0, 0.1) is 0 Å². The van der Waals surface area contributed by atoms with Gasteiger partial charge in [0.25, 0.3) is 5.78 Å². The first-order valence-corrected chi connectivity index (χ1v) is 7.11. The van der Waals surface area contributed by atoms with Crippen molar-refractivity contribution >= 4 is 17.5 Å². The Morgan fingerprint density at radius 1 is 1.13 bits per heavy atom. The molecule has 23 heavy (non-hydrogen) atoms. The molecule has 1 aliphatic rings. The number of ether oxygens (including phenoxy) is 1. The van der Waals surface area contributed by atoms with E-state index in [0.29, 0.717) is 16.8 Å². The maximum atomic E-state index is 12.3. The summed E-state index contributed by atoms with van der Waals surface area (Å²) in [5.41, 5.74) is 0.537. The third-order valence-electron chi connectivity index (χ3n) is 3.28. The molecule has 0 N–H and O–H groups in total. The summed E-state index contributed by atoms with van der Waals surface area (Å²) in [6.07, 6.45) is 0. The Hall–Kier alpha value is -2.83. The van der Waals surface area contributed by atoms with Crippen molar-refractivity contribution < 1.29 is 19.1 Å². The molecule has 1 aromatic heterocycles. The van der Waals surface area contributed by atoms with Crippen molar-refractivity contribution in [3.05, 3.63) is 35.5 Å². The number of ketones is 2. The van der Waals surface area contributed by atoms with Crippen LogP contribution in [0.5, 0.6) is 0 Å². The average molecular weight is 313 g/mol. The Kier molecular flexibility index (Phi) is 3.35. The Morgan fingerprint density at radius 3 is 2.43 bits per heavy atom. The summed E-state index contributed by atoms with van der Waals surface area (Å²) in [4.78, 5) is 36.5. The van der Waals surface area contributed by atoms with E-state index >= 15 is 0 Å². The number of benzene rings is 1. The Morgan fingerprint density at radius 2 is 1.78 bits per heavy atom. The second-order valence-corrected chi connectivity index (χ2v) is 6.23. The maximum absolute atomic E-state index is 12.3. The van der Waals surface area contributed by atoms with Gasteiger partial charge in [0.05, 0.1) is 0 Å². The molecule has 1 aromatic carbocycles. The van der Waals surface area contributed by atoms with Crippen LogP contribution in [0.25, 0.3) is 11.3 Å². The highest BCUT2D eigenvalue weighted by Crippen LogP contribution is 2.31. The number of aromatic nitrogens is 3. The van der Waals surface area contributed by atoms with E-state index in [-0.39, 0.29) is 12.2 Å². The minimum absolute atomic E-state index is 0.0274. The molecule has 1 heterocycles. The highest BCUT2D eigenvalue weighted by atomic mass is 16.6. The van der Waals surface area contributed by atoms with Crippen molar-refractivity contribution in [1.29, 1.82) is 0 Å². The number of Topliss-reactive ketones (excluding diaryl/α,β-unsaturated/α-hetero) is 2. The molecular formula is C16H15N3O4. The topological polar surface area (TPSA) is 91.2 Å². The largest absolute Gasteiger partial charge is 0.459 e. The van der Waals surface area contributed by atoms with E-state index in [4.69, 9.17) is 4.74 Å². The lowest BCUT2D eigenvalue weighted by Crippen LogP contribution is -2.29. The zero-order valence-corrected chi connectivity index (χ0v) is 13.0. The van der Waals surface area contributed by atoms with Crippen molar-refractivity contribution in [2.24, 2.45) is 0 Å². The molecule has 2 aromatic rings. The summed E-state index contributed by atoms with van der Waals surface area (Å²) in [6, 6.07) is 6.70. The molecule has 0 radical (unpaired) electrons. The standard InChI is InChI=1S/C16H15N3O4/c1-16(2,3)23-11(20)8-19-13-12(17-18-19)9-6-4-5-7-10(9)14(21)15(13)22/h4-7H,8H2,1-3H3. The lowest BCUT2D eigenvalue weighted by molar-refractivity contribution is -0.155. The second kappa shape index (κ2) is 5.12. The minimum atomic E-state index is -0.716. The smallest absolute Gasteiger partial charge is 0.328 e. The van der Waals surface area contributed by atoms with E-state index in [9.17, 15) is 14.4 Å². The normalized spacial score (nSPS) is 13.5. The van der Waals surface area contributed by atoms with Crippen LogP contribution in [-0.2, 0) is 16.1 Å². The van der Waals surface area contributed by atoms with Gasteiger partial charge in [-0.2, -0.15) is 0 Å². The van der Waals surface area contributed by atoms with E-state index < -0.39 is 23.1 Å². The molecule has 118 valence electrons. The number of carbonyl (C=O) groups excluding carboxylic acids is 3. The average Bonchev–Trinajstić information content (AvgIpc) is 2.86. The fourth-order valence-electron chi connectivity index (χ4n) is 2.44. The van der Waals surface area contributed by atoms with Crippen LogP contribution in [0.1, 0.15) is 41.6 Å². The zero-order chi connectivity index (χ0) is 16.8. The molecule has 7 nitrogen and oxygen atoms in total. The maximum Gasteiger partial charge on any atom is 0.328 e.